The number of nitrogens with one attached hydrogen (secondary N) is 1. The highest BCUT2D eigenvalue weighted by Gasteiger charge is 2.25. The number of carboxylic acids is 1. The first-order valence-electron chi connectivity index (χ1n) is 13.1. The quantitative estimate of drug-likeness (QED) is 0.331. The zero-order valence-electron chi connectivity index (χ0n) is 23.3. The highest BCUT2D eigenvalue weighted by atomic mass is 16.5. The van der Waals surface area contributed by atoms with Crippen LogP contribution in [-0.2, 0) is 4.74 Å². The van der Waals surface area contributed by atoms with E-state index in [1.807, 2.05) is 74.1 Å². The third kappa shape index (κ3) is 7.45. The first-order valence-corrected chi connectivity index (χ1v) is 13.1. The lowest BCUT2D eigenvalue weighted by Gasteiger charge is -2.22. The van der Waals surface area contributed by atoms with Crippen LogP contribution in [-0.4, -0.2) is 80.1 Å². The molecule has 1 amide bonds. The van der Waals surface area contributed by atoms with Gasteiger partial charge in [0.1, 0.15) is 26.5 Å². The summed E-state index contributed by atoms with van der Waals surface area (Å²) >= 11 is 0. The van der Waals surface area contributed by atoms with Crippen molar-refractivity contribution in [2.75, 3.05) is 47.9 Å². The molecule has 39 heavy (non-hydrogen) atoms. The Kier molecular flexibility index (Phi) is 10.2. The molecule has 8 nitrogen and oxygen atoms in total. The van der Waals surface area contributed by atoms with E-state index in [4.69, 9.17) is 10.5 Å². The van der Waals surface area contributed by atoms with Crippen molar-refractivity contribution in [2.24, 2.45) is 5.73 Å². The van der Waals surface area contributed by atoms with E-state index < -0.39 is 5.97 Å². The van der Waals surface area contributed by atoms with Gasteiger partial charge in [-0.2, -0.15) is 0 Å². The second-order valence-corrected chi connectivity index (χ2v) is 9.81. The van der Waals surface area contributed by atoms with E-state index in [1.54, 1.807) is 12.1 Å². The molecule has 206 valence electrons. The molecule has 1 aromatic rings. The molecule has 0 saturated heterocycles. The molecule has 0 fully saturated rings. The van der Waals surface area contributed by atoms with E-state index in [2.05, 4.69) is 11.9 Å². The topological polar surface area (TPSA) is 108 Å². The fraction of sp³-hybridized carbons (Fsp3) is 0.323. The van der Waals surface area contributed by atoms with Gasteiger partial charge in [0.25, 0.3) is 5.91 Å². The number of carbonyl (C=O) groups is 2. The van der Waals surface area contributed by atoms with Crippen molar-refractivity contribution >= 4 is 23.2 Å². The van der Waals surface area contributed by atoms with Gasteiger partial charge in [-0.3, -0.25) is 4.79 Å². The molecule has 0 saturated carbocycles. The summed E-state index contributed by atoms with van der Waals surface area (Å²) in [5.74, 6) is -0.838. The lowest BCUT2D eigenvalue weighted by molar-refractivity contribution is -0.462. The van der Waals surface area contributed by atoms with E-state index in [0.29, 0.717) is 42.2 Å². The van der Waals surface area contributed by atoms with Crippen molar-refractivity contribution < 1.29 is 24.0 Å². The van der Waals surface area contributed by atoms with Crippen LogP contribution in [0.25, 0.3) is 5.57 Å². The zero-order valence-corrected chi connectivity index (χ0v) is 23.3. The fourth-order valence-electron chi connectivity index (χ4n) is 4.32. The minimum Gasteiger partial charge on any atom is -0.489 e. The van der Waals surface area contributed by atoms with E-state index in [9.17, 15) is 14.7 Å². The van der Waals surface area contributed by atoms with Crippen LogP contribution in [0.4, 0.5) is 0 Å². The number of likely N-dealkylation sites (N-methyl/N-ethyl adjacent to an activating group) is 1. The molecule has 0 spiro atoms. The SMILES string of the molecule is C=C1/C=C\C(N(C)C)=C/COC2=CC(=[N+](C)C)C=C/C2=C/1c1ccc(C(=O)NCCCCCN)cc1C(=O)O. The number of fused-ring (bicyclic) bond motifs is 1. The first kappa shape index (κ1) is 29.4. The number of rotatable bonds is 9. The Labute approximate surface area is 230 Å². The summed E-state index contributed by atoms with van der Waals surface area (Å²) in [4.78, 5) is 27.3. The molecule has 0 atom stereocenters. The Morgan fingerprint density at radius 1 is 1.13 bits per heavy atom. The standard InChI is InChI=1S/C31H38N4O4/c1-21-9-11-23(34(2)3)15-18-39-28-20-24(35(4)5)12-14-26(28)29(21)25-13-10-22(19-27(25)31(37)38)30(36)33-17-8-6-7-16-32/h9-15,19-20H,1,6-8,16-18,32H2,2-5H3,(H-,33,36,37,38)/p+1/b11-9-,23-15+,29-26+. The van der Waals surface area contributed by atoms with Crippen molar-refractivity contribution in [3.63, 3.8) is 0 Å². The summed E-state index contributed by atoms with van der Waals surface area (Å²) in [6, 6.07) is 4.76. The van der Waals surface area contributed by atoms with Gasteiger partial charge in [-0.15, -0.1) is 0 Å². The molecule has 1 aliphatic heterocycles. The number of carbonyl (C=O) groups excluding carboxylic acids is 1. The number of nitrogens with two attached hydrogens (primary N) is 1. The van der Waals surface area contributed by atoms with Crippen molar-refractivity contribution in [1.82, 2.24) is 10.2 Å². The summed E-state index contributed by atoms with van der Waals surface area (Å²) in [5, 5.41) is 13.1. The molecule has 0 aromatic heterocycles. The maximum atomic E-state index is 12.8. The first-order chi connectivity index (χ1) is 18.6. The number of ether oxygens (including phenoxy) is 1. The van der Waals surface area contributed by atoms with Crippen LogP contribution < -0.4 is 11.1 Å². The molecular formula is C31H39N4O4+. The van der Waals surface area contributed by atoms with Gasteiger partial charge in [0.15, 0.2) is 0 Å². The average Bonchev–Trinajstić information content (AvgIpc) is 2.90. The molecule has 0 radical (unpaired) electrons. The van der Waals surface area contributed by atoms with E-state index in [1.165, 1.54) is 6.07 Å². The smallest absolute Gasteiger partial charge is 0.336 e. The Bertz CT molecular complexity index is 1320. The number of nitrogens with zero attached hydrogens (tertiary/aromatic N) is 2. The summed E-state index contributed by atoms with van der Waals surface area (Å²) in [6.07, 6.45) is 14.2. The second kappa shape index (κ2) is 13.6. The highest BCUT2D eigenvalue weighted by Crippen LogP contribution is 2.36. The second-order valence-electron chi connectivity index (χ2n) is 9.81. The number of carboxylic acid groups (broad SMARTS) is 1. The number of hydrogen-bond donors (Lipinski definition) is 3. The van der Waals surface area contributed by atoms with Gasteiger partial charge in [0.2, 0.25) is 5.71 Å². The summed E-state index contributed by atoms with van der Waals surface area (Å²) in [7, 11) is 7.78. The zero-order chi connectivity index (χ0) is 28.5. The minimum absolute atomic E-state index is 0.0124. The number of amides is 1. The molecule has 3 rings (SSSR count). The van der Waals surface area contributed by atoms with Crippen molar-refractivity contribution in [3.8, 4) is 0 Å². The van der Waals surface area contributed by atoms with E-state index >= 15 is 0 Å². The lowest BCUT2D eigenvalue weighted by Crippen LogP contribution is -2.25. The van der Waals surface area contributed by atoms with E-state index in [0.717, 1.165) is 36.2 Å². The Morgan fingerprint density at radius 2 is 1.90 bits per heavy atom. The Morgan fingerprint density at radius 3 is 2.56 bits per heavy atom. The van der Waals surface area contributed by atoms with Crippen molar-refractivity contribution in [3.05, 3.63) is 101 Å². The molecule has 0 unspecified atom stereocenters. The normalized spacial score (nSPS) is 19.2. The largest absolute Gasteiger partial charge is 0.489 e. The van der Waals surface area contributed by atoms with E-state index in [-0.39, 0.29) is 17.0 Å². The summed E-state index contributed by atoms with van der Waals surface area (Å²) < 4.78 is 8.20. The van der Waals surface area contributed by atoms with Crippen molar-refractivity contribution in [1.29, 1.82) is 0 Å². The van der Waals surface area contributed by atoms with Crippen LogP contribution in [0.2, 0.25) is 0 Å². The maximum Gasteiger partial charge on any atom is 0.336 e. The van der Waals surface area contributed by atoms with Gasteiger partial charge in [-0.05, 0) is 60.9 Å². The number of benzene rings is 1. The highest BCUT2D eigenvalue weighted by molar-refractivity contribution is 6.07. The molecule has 4 N–H and O–H groups in total. The lowest BCUT2D eigenvalue weighted by atomic mass is 9.86. The van der Waals surface area contributed by atoms with Crippen LogP contribution in [0, 0.1) is 0 Å². The molecule has 8 heteroatoms. The number of unbranched alkanes of at least 4 members (excludes halogenated alkanes) is 2. The Hall–Kier alpha value is -4.17. The predicted octanol–water partition coefficient (Wildman–Crippen LogP) is 3.75. The summed E-state index contributed by atoms with van der Waals surface area (Å²) in [6.45, 7) is 5.76. The predicted molar refractivity (Wildman–Crippen MR) is 156 cm³/mol. The van der Waals surface area contributed by atoms with Gasteiger partial charge >= 0.3 is 5.97 Å². The van der Waals surface area contributed by atoms with Gasteiger partial charge in [-0.1, -0.05) is 25.1 Å². The van der Waals surface area contributed by atoms with Crippen LogP contribution in [0.3, 0.4) is 0 Å². The molecule has 2 aliphatic rings. The third-order valence-electron chi connectivity index (χ3n) is 6.52. The Balaban J connectivity index is 2.13. The number of allylic oxidation sites excluding steroid dienone is 7. The van der Waals surface area contributed by atoms with Crippen LogP contribution >= 0.6 is 0 Å². The molecular weight excluding hydrogens is 492 g/mol. The summed E-state index contributed by atoms with van der Waals surface area (Å²) in [5.41, 5.74) is 10.1. The average molecular weight is 532 g/mol. The van der Waals surface area contributed by atoms with Crippen LogP contribution in [0.15, 0.2) is 83.8 Å². The monoisotopic (exact) mass is 531 g/mol. The van der Waals surface area contributed by atoms with Gasteiger partial charge in [0, 0.05) is 49.1 Å². The van der Waals surface area contributed by atoms with Gasteiger partial charge < -0.3 is 25.8 Å². The van der Waals surface area contributed by atoms with Crippen molar-refractivity contribution in [2.45, 2.75) is 19.3 Å². The fourth-order valence-corrected chi connectivity index (χ4v) is 4.32. The minimum atomic E-state index is -1.13. The van der Waals surface area contributed by atoms with Crippen LogP contribution in [0.1, 0.15) is 45.5 Å². The maximum absolute atomic E-state index is 12.8. The molecule has 1 heterocycles. The number of aromatic carboxylic acids is 1. The van der Waals surface area contributed by atoms with Gasteiger partial charge in [0.05, 0.1) is 11.6 Å². The number of hydrogen-bond acceptors (Lipinski definition) is 5. The third-order valence-corrected chi connectivity index (χ3v) is 6.52. The molecule has 0 bridgehead atoms. The van der Waals surface area contributed by atoms with Crippen LogP contribution in [0.5, 0.6) is 0 Å². The molecule has 1 aromatic carbocycles. The van der Waals surface area contributed by atoms with Gasteiger partial charge in [-0.25, -0.2) is 9.37 Å². The molecule has 1 aliphatic carbocycles.